The van der Waals surface area contributed by atoms with Gasteiger partial charge in [-0.15, -0.1) is 0 Å². The second-order valence-electron chi connectivity index (χ2n) is 5.62. The molecule has 0 heterocycles. The lowest BCUT2D eigenvalue weighted by Gasteiger charge is -2.09. The van der Waals surface area contributed by atoms with Gasteiger partial charge in [0.1, 0.15) is 0 Å². The zero-order valence-electron chi connectivity index (χ0n) is 13.8. The molecule has 2 rings (SSSR count). The van der Waals surface area contributed by atoms with Crippen LogP contribution in [0.4, 0.5) is 0 Å². The number of nitriles is 1. The number of carbonyl (C=O) groups is 2. The maximum absolute atomic E-state index is 12.1. The lowest BCUT2D eigenvalue weighted by atomic mass is 9.97. The number of rotatable bonds is 6. The zero-order chi connectivity index (χ0) is 17.5. The minimum Gasteiger partial charge on any atom is -0.454 e. The van der Waals surface area contributed by atoms with Crippen LogP contribution in [-0.4, -0.2) is 18.4 Å². The van der Waals surface area contributed by atoms with Crippen molar-refractivity contribution in [2.24, 2.45) is 0 Å². The largest absolute Gasteiger partial charge is 0.454 e. The predicted molar refractivity (Wildman–Crippen MR) is 90.9 cm³/mol. The highest BCUT2D eigenvalue weighted by atomic mass is 16.5. The minimum atomic E-state index is -0.580. The predicted octanol–water partition coefficient (Wildman–Crippen LogP) is 4.11. The first kappa shape index (κ1) is 17.4. The minimum absolute atomic E-state index is 0.243. The van der Waals surface area contributed by atoms with Gasteiger partial charge in [0, 0.05) is 5.56 Å². The Kier molecular flexibility index (Phi) is 5.86. The molecule has 0 saturated heterocycles. The van der Waals surface area contributed by atoms with E-state index in [2.05, 4.69) is 13.8 Å². The molecule has 2 aromatic rings. The highest BCUT2D eigenvalue weighted by molar-refractivity contribution is 5.99. The Balaban J connectivity index is 1.94. The molecule has 0 saturated carbocycles. The Hall–Kier alpha value is -2.93. The maximum Gasteiger partial charge on any atom is 0.338 e. The van der Waals surface area contributed by atoms with Gasteiger partial charge < -0.3 is 4.74 Å². The van der Waals surface area contributed by atoms with Crippen LogP contribution in [0.5, 0.6) is 0 Å². The van der Waals surface area contributed by atoms with E-state index >= 15 is 0 Å². The number of carbonyl (C=O) groups excluding carboxylic acids is 2. The van der Waals surface area contributed by atoms with Gasteiger partial charge in [0.2, 0.25) is 0 Å². The van der Waals surface area contributed by atoms with Crippen molar-refractivity contribution in [1.82, 2.24) is 0 Å². The summed E-state index contributed by atoms with van der Waals surface area (Å²) in [6.45, 7) is 3.95. The van der Waals surface area contributed by atoms with E-state index in [0.29, 0.717) is 22.6 Å². The summed E-state index contributed by atoms with van der Waals surface area (Å²) in [5, 5.41) is 8.73. The fourth-order valence-electron chi connectivity index (χ4n) is 2.21. The summed E-state index contributed by atoms with van der Waals surface area (Å²) in [6, 6.07) is 15.5. The SMILES string of the molecule is CC[C@@H](C)c1ccc(C(=O)COC(=O)c2ccc(C#N)cc2)cc1. The molecule has 0 unspecified atom stereocenters. The highest BCUT2D eigenvalue weighted by Gasteiger charge is 2.12. The molecule has 0 aliphatic carbocycles. The summed E-state index contributed by atoms with van der Waals surface area (Å²) < 4.78 is 5.05. The van der Waals surface area contributed by atoms with Gasteiger partial charge in [-0.3, -0.25) is 4.79 Å². The Morgan fingerprint density at radius 1 is 1.04 bits per heavy atom. The smallest absolute Gasteiger partial charge is 0.338 e. The van der Waals surface area contributed by atoms with E-state index in [1.807, 2.05) is 18.2 Å². The monoisotopic (exact) mass is 321 g/mol. The lowest BCUT2D eigenvalue weighted by molar-refractivity contribution is 0.0475. The van der Waals surface area contributed by atoms with Gasteiger partial charge in [-0.1, -0.05) is 38.1 Å². The Bertz CT molecular complexity index is 755. The van der Waals surface area contributed by atoms with Crippen molar-refractivity contribution < 1.29 is 14.3 Å². The van der Waals surface area contributed by atoms with Gasteiger partial charge >= 0.3 is 5.97 Å². The number of nitrogens with zero attached hydrogens (tertiary/aromatic N) is 1. The third kappa shape index (κ3) is 4.30. The number of hydrogen-bond acceptors (Lipinski definition) is 4. The van der Waals surface area contributed by atoms with Gasteiger partial charge in [-0.25, -0.2) is 4.79 Å². The molecular formula is C20H19NO3. The summed E-state index contributed by atoms with van der Waals surface area (Å²) in [6.07, 6.45) is 1.04. The summed E-state index contributed by atoms with van der Waals surface area (Å²) in [5.74, 6) is -0.375. The normalized spacial score (nSPS) is 11.4. The molecule has 0 fully saturated rings. The molecule has 0 radical (unpaired) electrons. The van der Waals surface area contributed by atoms with Crippen molar-refractivity contribution >= 4 is 11.8 Å². The Morgan fingerprint density at radius 2 is 1.62 bits per heavy atom. The van der Waals surface area contributed by atoms with Crippen LogP contribution < -0.4 is 0 Å². The average molecular weight is 321 g/mol. The molecular weight excluding hydrogens is 302 g/mol. The van der Waals surface area contributed by atoms with E-state index in [4.69, 9.17) is 10.00 Å². The third-order valence-electron chi connectivity index (χ3n) is 4.00. The molecule has 4 nitrogen and oxygen atoms in total. The van der Waals surface area contributed by atoms with Crippen molar-refractivity contribution in [1.29, 1.82) is 5.26 Å². The first-order chi connectivity index (χ1) is 11.5. The van der Waals surface area contributed by atoms with Crippen LogP contribution in [0.15, 0.2) is 48.5 Å². The second kappa shape index (κ2) is 8.07. The van der Waals surface area contributed by atoms with E-state index in [0.717, 1.165) is 6.42 Å². The molecule has 0 bridgehead atoms. The number of hydrogen-bond donors (Lipinski definition) is 0. The Labute approximate surface area is 141 Å². The standard InChI is InChI=1S/C20H19NO3/c1-3-14(2)16-8-10-17(11-9-16)19(22)13-24-20(23)18-6-4-15(12-21)5-7-18/h4-11,14H,3,13H2,1-2H3/t14-/m1/s1. The molecule has 0 aliphatic rings. The fourth-order valence-corrected chi connectivity index (χ4v) is 2.21. The highest BCUT2D eigenvalue weighted by Crippen LogP contribution is 2.19. The lowest BCUT2D eigenvalue weighted by Crippen LogP contribution is -2.14. The second-order valence-corrected chi connectivity index (χ2v) is 5.62. The number of benzene rings is 2. The molecule has 0 aliphatic heterocycles. The van der Waals surface area contributed by atoms with Crippen molar-refractivity contribution in [3.63, 3.8) is 0 Å². The molecule has 24 heavy (non-hydrogen) atoms. The molecule has 2 aromatic carbocycles. The van der Waals surface area contributed by atoms with Crippen LogP contribution in [0.1, 0.15) is 58.0 Å². The van der Waals surface area contributed by atoms with Crippen molar-refractivity contribution in [3.05, 3.63) is 70.8 Å². The van der Waals surface area contributed by atoms with Crippen LogP contribution in [0.2, 0.25) is 0 Å². The van der Waals surface area contributed by atoms with Crippen molar-refractivity contribution in [3.8, 4) is 6.07 Å². The van der Waals surface area contributed by atoms with Crippen LogP contribution in [0.3, 0.4) is 0 Å². The third-order valence-corrected chi connectivity index (χ3v) is 4.00. The topological polar surface area (TPSA) is 67.2 Å². The molecule has 0 amide bonds. The van der Waals surface area contributed by atoms with Gasteiger partial charge in [0.05, 0.1) is 17.2 Å². The Morgan fingerprint density at radius 3 is 2.17 bits per heavy atom. The molecule has 0 spiro atoms. The molecule has 4 heteroatoms. The van der Waals surface area contributed by atoms with Gasteiger partial charge in [0.15, 0.2) is 12.4 Å². The molecule has 1 atom stereocenters. The number of esters is 1. The quantitative estimate of drug-likeness (QED) is 0.593. The van der Waals surface area contributed by atoms with E-state index in [9.17, 15) is 9.59 Å². The summed E-state index contributed by atoms with van der Waals surface area (Å²) in [7, 11) is 0. The fraction of sp³-hybridized carbons (Fsp3) is 0.250. The van der Waals surface area contributed by atoms with Crippen molar-refractivity contribution in [2.75, 3.05) is 6.61 Å². The van der Waals surface area contributed by atoms with E-state index < -0.39 is 5.97 Å². The average Bonchev–Trinajstić information content (AvgIpc) is 2.65. The number of ketones is 1. The first-order valence-corrected chi connectivity index (χ1v) is 7.85. The van der Waals surface area contributed by atoms with E-state index in [1.54, 1.807) is 12.1 Å². The summed E-state index contributed by atoms with van der Waals surface area (Å²) >= 11 is 0. The van der Waals surface area contributed by atoms with Gasteiger partial charge in [0.25, 0.3) is 0 Å². The van der Waals surface area contributed by atoms with Crippen LogP contribution in [-0.2, 0) is 4.74 Å². The summed E-state index contributed by atoms with van der Waals surface area (Å²) in [4.78, 5) is 24.0. The van der Waals surface area contributed by atoms with Gasteiger partial charge in [-0.05, 0) is 42.2 Å². The van der Waals surface area contributed by atoms with Crippen molar-refractivity contribution in [2.45, 2.75) is 26.2 Å². The maximum atomic E-state index is 12.1. The van der Waals surface area contributed by atoms with Crippen LogP contribution in [0, 0.1) is 11.3 Å². The molecule has 122 valence electrons. The van der Waals surface area contributed by atoms with Gasteiger partial charge in [-0.2, -0.15) is 5.26 Å². The van der Waals surface area contributed by atoms with E-state index in [1.165, 1.54) is 29.8 Å². The number of ether oxygens (including phenoxy) is 1. The first-order valence-electron chi connectivity index (χ1n) is 7.85. The van der Waals surface area contributed by atoms with Crippen LogP contribution in [0.25, 0.3) is 0 Å². The van der Waals surface area contributed by atoms with E-state index in [-0.39, 0.29) is 12.4 Å². The molecule has 0 aromatic heterocycles. The molecule has 0 N–H and O–H groups in total. The number of Topliss-reactive ketones (excluding diaryl/α,β-unsaturated/α-hetero) is 1. The summed E-state index contributed by atoms with van der Waals surface area (Å²) in [5.41, 5.74) is 2.48. The zero-order valence-corrected chi connectivity index (χ0v) is 13.8. The van der Waals surface area contributed by atoms with Crippen LogP contribution >= 0.6 is 0 Å².